The first-order chi connectivity index (χ1) is 11.9. The molecule has 136 valence electrons. The number of anilines is 1. The molecule has 2 heterocycles. The van der Waals surface area contributed by atoms with Crippen LogP contribution in [-0.2, 0) is 11.3 Å². The van der Waals surface area contributed by atoms with E-state index in [1.165, 1.54) is 12.8 Å². The average Bonchev–Trinajstić information content (AvgIpc) is 3.13. The number of nitrogens with one attached hydrogen (secondary N) is 1. The number of likely N-dealkylation sites (tertiary alicyclic amines) is 1. The molecule has 0 bridgehead atoms. The molecule has 3 rings (SSSR count). The van der Waals surface area contributed by atoms with Gasteiger partial charge in [-0.1, -0.05) is 13.8 Å². The summed E-state index contributed by atoms with van der Waals surface area (Å²) in [5, 5.41) is 3.00. The topological polar surface area (TPSA) is 50.2 Å². The molecule has 1 aliphatic rings. The van der Waals surface area contributed by atoms with E-state index in [2.05, 4.69) is 48.5 Å². The van der Waals surface area contributed by atoms with E-state index in [1.54, 1.807) is 0 Å². The van der Waals surface area contributed by atoms with E-state index in [-0.39, 0.29) is 5.91 Å². The summed E-state index contributed by atoms with van der Waals surface area (Å²) in [7, 11) is 0. The van der Waals surface area contributed by atoms with Crippen LogP contribution in [0.15, 0.2) is 18.2 Å². The molecule has 25 heavy (non-hydrogen) atoms. The number of rotatable bonds is 6. The van der Waals surface area contributed by atoms with Crippen molar-refractivity contribution in [1.29, 1.82) is 0 Å². The normalized spacial score (nSPS) is 15.6. The molecule has 1 aromatic heterocycles. The van der Waals surface area contributed by atoms with Crippen molar-refractivity contribution < 1.29 is 4.79 Å². The summed E-state index contributed by atoms with van der Waals surface area (Å²) in [4.78, 5) is 19.4. The van der Waals surface area contributed by atoms with Gasteiger partial charge in [0.2, 0.25) is 5.91 Å². The number of carbonyl (C=O) groups excluding carboxylic acids is 1. The lowest BCUT2D eigenvalue weighted by Gasteiger charge is -2.18. The smallest absolute Gasteiger partial charge is 0.224 e. The number of hydrogen-bond acceptors (Lipinski definition) is 3. The number of carbonyl (C=O) groups is 1. The lowest BCUT2D eigenvalue weighted by atomic mass is 10.1. The molecular formula is C20H30N4O. The Morgan fingerprint density at radius 2 is 1.92 bits per heavy atom. The number of imidazole rings is 1. The van der Waals surface area contributed by atoms with Crippen LogP contribution in [0.25, 0.3) is 11.0 Å². The number of benzene rings is 1. The van der Waals surface area contributed by atoms with Crippen LogP contribution in [0.1, 0.15) is 58.8 Å². The molecule has 1 saturated heterocycles. The van der Waals surface area contributed by atoms with Crippen molar-refractivity contribution in [3.05, 3.63) is 24.0 Å². The van der Waals surface area contributed by atoms with E-state index in [4.69, 9.17) is 4.98 Å². The fraction of sp³-hybridized carbons (Fsp3) is 0.600. The van der Waals surface area contributed by atoms with Gasteiger partial charge >= 0.3 is 0 Å². The molecule has 5 heteroatoms. The van der Waals surface area contributed by atoms with Crippen molar-refractivity contribution in [1.82, 2.24) is 14.5 Å². The van der Waals surface area contributed by atoms with E-state index in [0.717, 1.165) is 42.2 Å². The molecule has 1 aromatic carbocycles. The minimum absolute atomic E-state index is 0.0648. The lowest BCUT2D eigenvalue weighted by molar-refractivity contribution is -0.116. The Bertz CT molecular complexity index is 741. The molecule has 0 aliphatic carbocycles. The third-order valence-electron chi connectivity index (χ3n) is 4.72. The second kappa shape index (κ2) is 7.56. The molecule has 1 fully saturated rings. The highest BCUT2D eigenvalue weighted by Gasteiger charge is 2.19. The van der Waals surface area contributed by atoms with E-state index in [1.807, 2.05) is 12.1 Å². The highest BCUT2D eigenvalue weighted by atomic mass is 16.1. The van der Waals surface area contributed by atoms with E-state index in [0.29, 0.717) is 18.4 Å². The molecule has 5 nitrogen and oxygen atoms in total. The highest BCUT2D eigenvalue weighted by Crippen LogP contribution is 2.26. The lowest BCUT2D eigenvalue weighted by Crippen LogP contribution is -2.21. The first-order valence-corrected chi connectivity index (χ1v) is 9.47. The van der Waals surface area contributed by atoms with Crippen LogP contribution in [-0.4, -0.2) is 33.4 Å². The van der Waals surface area contributed by atoms with Crippen LogP contribution >= 0.6 is 0 Å². The molecule has 0 unspecified atom stereocenters. The molecule has 1 amide bonds. The molecule has 0 atom stereocenters. The zero-order valence-electron chi connectivity index (χ0n) is 15.9. The van der Waals surface area contributed by atoms with Gasteiger partial charge in [-0.3, -0.25) is 9.69 Å². The zero-order chi connectivity index (χ0) is 18.0. The van der Waals surface area contributed by atoms with Crippen LogP contribution in [0.4, 0.5) is 5.69 Å². The summed E-state index contributed by atoms with van der Waals surface area (Å²) in [6.45, 7) is 11.7. The van der Waals surface area contributed by atoms with Gasteiger partial charge in [0.1, 0.15) is 5.82 Å². The first-order valence-electron chi connectivity index (χ1n) is 9.47. The Hall–Kier alpha value is -1.88. The Kier molecular flexibility index (Phi) is 5.42. The Labute approximate surface area is 150 Å². The fourth-order valence-corrected chi connectivity index (χ4v) is 3.64. The number of fused-ring (bicyclic) bond motifs is 1. The van der Waals surface area contributed by atoms with Crippen LogP contribution < -0.4 is 5.32 Å². The van der Waals surface area contributed by atoms with Gasteiger partial charge in [0.15, 0.2) is 0 Å². The molecule has 0 saturated carbocycles. The maximum absolute atomic E-state index is 12.0. The van der Waals surface area contributed by atoms with Crippen molar-refractivity contribution in [3.8, 4) is 0 Å². The highest BCUT2D eigenvalue weighted by molar-refractivity contribution is 5.93. The predicted molar refractivity (Wildman–Crippen MR) is 103 cm³/mol. The van der Waals surface area contributed by atoms with Crippen LogP contribution in [0.2, 0.25) is 0 Å². The molecule has 2 aromatic rings. The van der Waals surface area contributed by atoms with E-state index < -0.39 is 0 Å². The van der Waals surface area contributed by atoms with Gasteiger partial charge in [-0.2, -0.15) is 0 Å². The predicted octanol–water partition coefficient (Wildman–Crippen LogP) is 4.20. The SMILES string of the molecule is CC(C)CC(=O)Nc1ccc2c(c1)nc(CN1CCCC1)n2C(C)C. The van der Waals surface area contributed by atoms with Gasteiger partial charge in [0.05, 0.1) is 17.6 Å². The van der Waals surface area contributed by atoms with Crippen molar-refractivity contribution in [3.63, 3.8) is 0 Å². The quantitative estimate of drug-likeness (QED) is 0.856. The van der Waals surface area contributed by atoms with E-state index in [9.17, 15) is 4.79 Å². The molecule has 0 spiro atoms. The summed E-state index contributed by atoms with van der Waals surface area (Å²) in [6, 6.07) is 6.44. The van der Waals surface area contributed by atoms with Gasteiger partial charge in [0, 0.05) is 18.2 Å². The Balaban J connectivity index is 1.87. The van der Waals surface area contributed by atoms with Crippen LogP contribution in [0.3, 0.4) is 0 Å². The number of hydrogen-bond donors (Lipinski definition) is 1. The van der Waals surface area contributed by atoms with Gasteiger partial charge in [-0.15, -0.1) is 0 Å². The van der Waals surface area contributed by atoms with Gasteiger partial charge in [-0.05, 0) is 63.9 Å². The molecule has 0 radical (unpaired) electrons. The third kappa shape index (κ3) is 4.21. The maximum atomic E-state index is 12.0. The largest absolute Gasteiger partial charge is 0.326 e. The van der Waals surface area contributed by atoms with Crippen LogP contribution in [0.5, 0.6) is 0 Å². The standard InChI is InChI=1S/C20H30N4O/c1-14(2)11-20(25)21-16-7-8-18-17(12-16)22-19(24(18)15(3)4)13-23-9-5-6-10-23/h7-8,12,14-15H,5-6,9-11,13H2,1-4H3,(H,21,25). The van der Waals surface area contributed by atoms with E-state index >= 15 is 0 Å². The number of amides is 1. The maximum Gasteiger partial charge on any atom is 0.224 e. The monoisotopic (exact) mass is 342 g/mol. The van der Waals surface area contributed by atoms with Crippen molar-refractivity contribution >= 4 is 22.6 Å². The number of nitrogens with zero attached hydrogens (tertiary/aromatic N) is 3. The fourth-order valence-electron chi connectivity index (χ4n) is 3.64. The minimum atomic E-state index is 0.0648. The average molecular weight is 342 g/mol. The summed E-state index contributed by atoms with van der Waals surface area (Å²) in [5.41, 5.74) is 2.94. The van der Waals surface area contributed by atoms with Gasteiger partial charge in [-0.25, -0.2) is 4.98 Å². The van der Waals surface area contributed by atoms with Gasteiger partial charge < -0.3 is 9.88 Å². The summed E-state index contributed by atoms with van der Waals surface area (Å²) in [6.07, 6.45) is 3.11. The van der Waals surface area contributed by atoms with Crippen molar-refractivity contribution in [2.75, 3.05) is 18.4 Å². The third-order valence-corrected chi connectivity index (χ3v) is 4.72. The molecule has 1 N–H and O–H groups in total. The minimum Gasteiger partial charge on any atom is -0.326 e. The van der Waals surface area contributed by atoms with Gasteiger partial charge in [0.25, 0.3) is 0 Å². The Morgan fingerprint density at radius 1 is 1.20 bits per heavy atom. The first kappa shape index (κ1) is 17.9. The second-order valence-electron chi connectivity index (χ2n) is 7.82. The summed E-state index contributed by atoms with van der Waals surface area (Å²) < 4.78 is 2.33. The molecule has 1 aliphatic heterocycles. The second-order valence-corrected chi connectivity index (χ2v) is 7.82. The zero-order valence-corrected chi connectivity index (χ0v) is 15.9. The summed E-state index contributed by atoms with van der Waals surface area (Å²) >= 11 is 0. The van der Waals surface area contributed by atoms with Crippen molar-refractivity contribution in [2.45, 2.75) is 59.5 Å². The summed E-state index contributed by atoms with van der Waals surface area (Å²) in [5.74, 6) is 1.54. The van der Waals surface area contributed by atoms with Crippen molar-refractivity contribution in [2.24, 2.45) is 5.92 Å². The molecular weight excluding hydrogens is 312 g/mol. The number of aromatic nitrogens is 2. The van der Waals surface area contributed by atoms with Crippen LogP contribution in [0, 0.1) is 5.92 Å². The Morgan fingerprint density at radius 3 is 2.56 bits per heavy atom.